The molecular formula is C17H20N2S. The number of nitrogens with two attached hydrogens (primary N) is 1. The lowest BCUT2D eigenvalue weighted by molar-refractivity contribution is 0.723. The predicted octanol–water partition coefficient (Wildman–Crippen LogP) is 3.84. The lowest BCUT2D eigenvalue weighted by Crippen LogP contribution is -2.17. The summed E-state index contributed by atoms with van der Waals surface area (Å²) in [4.78, 5) is 0. The second kappa shape index (κ2) is 5.81. The molecule has 3 rings (SSSR count). The highest BCUT2D eigenvalue weighted by Crippen LogP contribution is 2.22. The summed E-state index contributed by atoms with van der Waals surface area (Å²) in [5.74, 6) is 0. The van der Waals surface area contributed by atoms with Crippen LogP contribution in [0.15, 0.2) is 47.3 Å². The van der Waals surface area contributed by atoms with Crippen molar-refractivity contribution in [3.8, 4) is 0 Å². The van der Waals surface area contributed by atoms with Crippen LogP contribution in [0.2, 0.25) is 0 Å². The van der Waals surface area contributed by atoms with Crippen LogP contribution in [-0.4, -0.2) is 10.6 Å². The summed E-state index contributed by atoms with van der Waals surface area (Å²) >= 11 is 1.77. The lowest BCUT2D eigenvalue weighted by Gasteiger charge is -2.08. The highest BCUT2D eigenvalue weighted by Gasteiger charge is 2.07. The van der Waals surface area contributed by atoms with E-state index in [0.717, 1.165) is 19.4 Å². The zero-order chi connectivity index (χ0) is 13.9. The molecule has 20 heavy (non-hydrogen) atoms. The Morgan fingerprint density at radius 1 is 1.25 bits per heavy atom. The van der Waals surface area contributed by atoms with Gasteiger partial charge in [0.15, 0.2) is 0 Å². The molecule has 3 aromatic rings. The minimum Gasteiger partial charge on any atom is -0.347 e. The van der Waals surface area contributed by atoms with Crippen molar-refractivity contribution in [3.05, 3.63) is 58.4 Å². The normalized spacial score (nSPS) is 12.9. The van der Waals surface area contributed by atoms with Crippen LogP contribution in [0.1, 0.15) is 18.1 Å². The first-order valence-electron chi connectivity index (χ1n) is 7.07. The molecule has 0 bridgehead atoms. The highest BCUT2D eigenvalue weighted by molar-refractivity contribution is 7.07. The molecule has 2 heterocycles. The number of nitrogens with zero attached hydrogens (tertiary/aromatic N) is 1. The Morgan fingerprint density at radius 3 is 2.90 bits per heavy atom. The number of rotatable bonds is 5. The van der Waals surface area contributed by atoms with Crippen molar-refractivity contribution in [1.29, 1.82) is 0 Å². The molecule has 104 valence electrons. The van der Waals surface area contributed by atoms with Crippen LogP contribution < -0.4 is 5.73 Å². The number of thiophene rings is 1. The van der Waals surface area contributed by atoms with Crippen molar-refractivity contribution in [2.45, 2.75) is 32.4 Å². The van der Waals surface area contributed by atoms with Crippen LogP contribution in [0, 0.1) is 0 Å². The molecule has 2 aromatic heterocycles. The monoisotopic (exact) mass is 284 g/mol. The van der Waals surface area contributed by atoms with Gasteiger partial charge in [-0.25, -0.2) is 0 Å². The van der Waals surface area contributed by atoms with E-state index in [9.17, 15) is 0 Å². The largest absolute Gasteiger partial charge is 0.347 e. The SMILES string of the molecule is CC(N)Cc1cccc2c1ccn2CCc1ccsc1. The first-order chi connectivity index (χ1) is 9.74. The molecule has 0 saturated carbocycles. The van der Waals surface area contributed by atoms with Gasteiger partial charge in [-0.2, -0.15) is 11.3 Å². The molecule has 0 amide bonds. The molecule has 0 aliphatic heterocycles. The van der Waals surface area contributed by atoms with E-state index < -0.39 is 0 Å². The fourth-order valence-corrected chi connectivity index (χ4v) is 3.39. The van der Waals surface area contributed by atoms with Gasteiger partial charge < -0.3 is 10.3 Å². The molecule has 0 spiro atoms. The van der Waals surface area contributed by atoms with Crippen molar-refractivity contribution in [2.75, 3.05) is 0 Å². The Kier molecular flexibility index (Phi) is 3.90. The second-order valence-corrected chi connectivity index (χ2v) is 6.20. The van der Waals surface area contributed by atoms with Gasteiger partial charge in [-0.15, -0.1) is 0 Å². The third kappa shape index (κ3) is 2.79. The van der Waals surface area contributed by atoms with Crippen molar-refractivity contribution in [1.82, 2.24) is 4.57 Å². The van der Waals surface area contributed by atoms with Crippen LogP contribution >= 0.6 is 11.3 Å². The van der Waals surface area contributed by atoms with Crippen LogP contribution in [-0.2, 0) is 19.4 Å². The van der Waals surface area contributed by atoms with E-state index in [1.54, 1.807) is 11.3 Å². The number of hydrogen-bond acceptors (Lipinski definition) is 2. The van der Waals surface area contributed by atoms with Gasteiger partial charge in [-0.05, 0) is 59.9 Å². The average Bonchev–Trinajstić information content (AvgIpc) is 3.05. The first kappa shape index (κ1) is 13.4. The van der Waals surface area contributed by atoms with E-state index in [1.807, 2.05) is 0 Å². The summed E-state index contributed by atoms with van der Waals surface area (Å²) < 4.78 is 2.34. The molecule has 0 radical (unpaired) electrons. The maximum absolute atomic E-state index is 5.94. The highest BCUT2D eigenvalue weighted by atomic mass is 32.1. The van der Waals surface area contributed by atoms with Crippen LogP contribution in [0.25, 0.3) is 10.9 Å². The fourth-order valence-electron chi connectivity index (χ4n) is 2.69. The lowest BCUT2D eigenvalue weighted by atomic mass is 10.0. The van der Waals surface area contributed by atoms with Crippen molar-refractivity contribution >= 4 is 22.2 Å². The van der Waals surface area contributed by atoms with Gasteiger partial charge in [0.25, 0.3) is 0 Å². The van der Waals surface area contributed by atoms with E-state index >= 15 is 0 Å². The summed E-state index contributed by atoms with van der Waals surface area (Å²) in [6.45, 7) is 3.09. The molecule has 0 saturated heterocycles. The van der Waals surface area contributed by atoms with Crippen molar-refractivity contribution < 1.29 is 0 Å². The van der Waals surface area contributed by atoms with Crippen LogP contribution in [0.5, 0.6) is 0 Å². The Bertz CT molecular complexity index is 680. The van der Waals surface area contributed by atoms with Crippen LogP contribution in [0.4, 0.5) is 0 Å². The van der Waals surface area contributed by atoms with E-state index in [1.165, 1.54) is 22.0 Å². The molecule has 2 N–H and O–H groups in total. The fraction of sp³-hybridized carbons (Fsp3) is 0.294. The molecule has 0 fully saturated rings. The zero-order valence-electron chi connectivity index (χ0n) is 11.8. The second-order valence-electron chi connectivity index (χ2n) is 5.42. The van der Waals surface area contributed by atoms with Crippen molar-refractivity contribution in [2.24, 2.45) is 5.73 Å². The maximum atomic E-state index is 5.94. The van der Waals surface area contributed by atoms with Gasteiger partial charge in [0.05, 0.1) is 0 Å². The van der Waals surface area contributed by atoms with E-state index in [4.69, 9.17) is 5.73 Å². The Morgan fingerprint density at radius 2 is 2.15 bits per heavy atom. The third-order valence-corrected chi connectivity index (χ3v) is 4.40. The summed E-state index contributed by atoms with van der Waals surface area (Å²) in [5.41, 5.74) is 10.0. The molecule has 0 aliphatic rings. The number of aryl methyl sites for hydroxylation is 2. The van der Waals surface area contributed by atoms with E-state index in [-0.39, 0.29) is 6.04 Å². The summed E-state index contributed by atoms with van der Waals surface area (Å²) in [6.07, 6.45) is 4.22. The average molecular weight is 284 g/mol. The Balaban J connectivity index is 1.85. The smallest absolute Gasteiger partial charge is 0.0483 e. The summed E-state index contributed by atoms with van der Waals surface area (Å²) in [6, 6.07) is 11.2. The Labute approximate surface area is 123 Å². The Hall–Kier alpha value is -1.58. The van der Waals surface area contributed by atoms with Gasteiger partial charge in [0.1, 0.15) is 0 Å². The molecule has 1 atom stereocenters. The van der Waals surface area contributed by atoms with E-state index in [2.05, 4.69) is 58.8 Å². The number of benzene rings is 1. The number of aromatic nitrogens is 1. The first-order valence-corrected chi connectivity index (χ1v) is 8.01. The quantitative estimate of drug-likeness (QED) is 0.758. The van der Waals surface area contributed by atoms with Gasteiger partial charge in [-0.3, -0.25) is 0 Å². The molecule has 1 aromatic carbocycles. The molecule has 0 aliphatic carbocycles. The van der Waals surface area contributed by atoms with Crippen molar-refractivity contribution in [3.63, 3.8) is 0 Å². The summed E-state index contributed by atoms with van der Waals surface area (Å²) in [5, 5.41) is 5.71. The minimum absolute atomic E-state index is 0.203. The van der Waals surface area contributed by atoms with Gasteiger partial charge in [-0.1, -0.05) is 12.1 Å². The molecular weight excluding hydrogens is 264 g/mol. The van der Waals surface area contributed by atoms with Crippen LogP contribution in [0.3, 0.4) is 0 Å². The van der Waals surface area contributed by atoms with E-state index in [0.29, 0.717) is 0 Å². The predicted molar refractivity (Wildman–Crippen MR) is 87.3 cm³/mol. The number of fused-ring (bicyclic) bond motifs is 1. The molecule has 1 unspecified atom stereocenters. The standard InChI is InChI=1S/C17H20N2S/c1-13(18)11-15-3-2-4-17-16(15)6-9-19(17)8-5-14-7-10-20-12-14/h2-4,6-7,9-10,12-13H,5,8,11,18H2,1H3. The molecule has 3 heteroatoms. The zero-order valence-corrected chi connectivity index (χ0v) is 12.6. The summed E-state index contributed by atoms with van der Waals surface area (Å²) in [7, 11) is 0. The topological polar surface area (TPSA) is 30.9 Å². The third-order valence-electron chi connectivity index (χ3n) is 3.67. The maximum Gasteiger partial charge on any atom is 0.0483 e. The van der Waals surface area contributed by atoms with Gasteiger partial charge >= 0.3 is 0 Å². The molecule has 2 nitrogen and oxygen atoms in total. The van der Waals surface area contributed by atoms with Gasteiger partial charge in [0.2, 0.25) is 0 Å². The van der Waals surface area contributed by atoms with Gasteiger partial charge in [0, 0.05) is 29.7 Å². The number of hydrogen-bond donors (Lipinski definition) is 1. The minimum atomic E-state index is 0.203.